The van der Waals surface area contributed by atoms with Gasteiger partial charge in [0.1, 0.15) is 5.54 Å². The number of amides is 1. The molecule has 0 aromatic heterocycles. The number of rotatable bonds is 5. The monoisotopic (exact) mass is 240 g/mol. The van der Waals surface area contributed by atoms with E-state index in [1.807, 2.05) is 6.92 Å². The van der Waals surface area contributed by atoms with Gasteiger partial charge < -0.3 is 15.7 Å². The highest BCUT2D eigenvalue weighted by molar-refractivity contribution is 5.97. The van der Waals surface area contributed by atoms with Gasteiger partial charge in [-0.3, -0.25) is 4.79 Å². The number of nitrogens with one attached hydrogen (secondary N) is 2. The molecule has 1 amide bonds. The van der Waals surface area contributed by atoms with Gasteiger partial charge in [0.25, 0.3) is 0 Å². The first kappa shape index (κ1) is 13.7. The Morgan fingerprint density at radius 2 is 2.06 bits per heavy atom. The van der Waals surface area contributed by atoms with Crippen molar-refractivity contribution in [1.82, 2.24) is 10.6 Å². The van der Waals surface area contributed by atoms with E-state index in [1.165, 1.54) is 0 Å². The lowest BCUT2D eigenvalue weighted by molar-refractivity contribution is -0.146. The van der Waals surface area contributed by atoms with Gasteiger partial charge in [-0.15, -0.1) is 0 Å². The van der Waals surface area contributed by atoms with Crippen LogP contribution < -0.4 is 10.6 Å². The number of hydrogen-bond donors (Lipinski definition) is 3. The first-order valence-corrected chi connectivity index (χ1v) is 5.86. The van der Waals surface area contributed by atoms with E-state index in [0.29, 0.717) is 18.4 Å². The minimum atomic E-state index is -1.18. The number of carbonyl (C=O) groups is 2. The highest BCUT2D eigenvalue weighted by Gasteiger charge is 2.34. The molecular weight excluding hydrogens is 220 g/mol. The molecule has 0 spiro atoms. The van der Waals surface area contributed by atoms with Gasteiger partial charge in [-0.2, -0.15) is 0 Å². The molecule has 0 bridgehead atoms. The van der Waals surface area contributed by atoms with Gasteiger partial charge in [0.15, 0.2) is 0 Å². The number of aliphatic carboxylic acids is 1. The predicted octanol–water partition coefficient (Wildman–Crippen LogP) is 0.666. The second-order valence-electron chi connectivity index (χ2n) is 4.67. The van der Waals surface area contributed by atoms with E-state index < -0.39 is 11.5 Å². The Labute approximate surface area is 101 Å². The Kier molecular flexibility index (Phi) is 4.28. The molecule has 0 radical (unpaired) electrons. The quantitative estimate of drug-likeness (QED) is 0.617. The molecule has 1 saturated heterocycles. The lowest BCUT2D eigenvalue weighted by Crippen LogP contribution is -2.53. The van der Waals surface area contributed by atoms with Crippen LogP contribution in [0.2, 0.25) is 0 Å². The van der Waals surface area contributed by atoms with Crippen LogP contribution in [0, 0.1) is 0 Å². The van der Waals surface area contributed by atoms with Crippen LogP contribution in [0.4, 0.5) is 0 Å². The lowest BCUT2D eigenvalue weighted by Gasteiger charge is -2.28. The van der Waals surface area contributed by atoms with Crippen molar-refractivity contribution in [2.75, 3.05) is 13.1 Å². The Morgan fingerprint density at radius 1 is 1.47 bits per heavy atom. The summed E-state index contributed by atoms with van der Waals surface area (Å²) >= 11 is 0. The summed E-state index contributed by atoms with van der Waals surface area (Å²) in [5.74, 6) is -1.27. The zero-order valence-corrected chi connectivity index (χ0v) is 10.6. The third kappa shape index (κ3) is 3.06. The first-order chi connectivity index (χ1) is 7.90. The maximum absolute atomic E-state index is 11.9. The van der Waals surface area contributed by atoms with E-state index in [1.54, 1.807) is 13.8 Å². The fraction of sp³-hybridized carbons (Fsp3) is 0.667. The van der Waals surface area contributed by atoms with Crippen LogP contribution in [0.1, 0.15) is 33.6 Å². The molecule has 0 aromatic carbocycles. The Balaban J connectivity index is 2.74. The van der Waals surface area contributed by atoms with E-state index in [-0.39, 0.29) is 5.91 Å². The average Bonchev–Trinajstić information content (AvgIpc) is 2.14. The summed E-state index contributed by atoms with van der Waals surface area (Å²) < 4.78 is 0. The maximum atomic E-state index is 11.9. The standard InChI is InChI=1S/C12H20N2O3/c1-4-5-12(3,11(16)17)14-10(15)8(2)9-6-13-7-9/h13H,4-7H2,1-3H3,(H,14,15)(H,16,17). The molecule has 5 nitrogen and oxygen atoms in total. The minimum Gasteiger partial charge on any atom is -0.480 e. The number of carboxylic acids is 1. The molecule has 1 unspecified atom stereocenters. The molecule has 0 saturated carbocycles. The van der Waals surface area contributed by atoms with Gasteiger partial charge in [0.2, 0.25) is 5.91 Å². The summed E-state index contributed by atoms with van der Waals surface area (Å²) in [7, 11) is 0. The SMILES string of the molecule is CCCC(C)(NC(=O)C(C)=C1CNC1)C(=O)O. The van der Waals surface area contributed by atoms with Crippen molar-refractivity contribution < 1.29 is 14.7 Å². The topological polar surface area (TPSA) is 78.4 Å². The van der Waals surface area contributed by atoms with Crippen molar-refractivity contribution in [3.8, 4) is 0 Å². The van der Waals surface area contributed by atoms with Gasteiger partial charge in [0.05, 0.1) is 0 Å². The summed E-state index contributed by atoms with van der Waals surface area (Å²) in [5, 5.41) is 14.8. The van der Waals surface area contributed by atoms with Crippen molar-refractivity contribution in [2.45, 2.75) is 39.2 Å². The summed E-state index contributed by atoms with van der Waals surface area (Å²) in [6.45, 7) is 6.62. The summed E-state index contributed by atoms with van der Waals surface area (Å²) in [4.78, 5) is 23.1. The van der Waals surface area contributed by atoms with Gasteiger partial charge in [-0.1, -0.05) is 13.3 Å². The summed E-state index contributed by atoms with van der Waals surface area (Å²) in [6.07, 6.45) is 1.13. The second-order valence-corrected chi connectivity index (χ2v) is 4.67. The highest BCUT2D eigenvalue weighted by atomic mass is 16.4. The van der Waals surface area contributed by atoms with Crippen molar-refractivity contribution in [2.24, 2.45) is 0 Å². The molecule has 1 atom stereocenters. The summed E-state index contributed by atoms with van der Waals surface area (Å²) in [6, 6.07) is 0. The maximum Gasteiger partial charge on any atom is 0.329 e. The van der Waals surface area contributed by atoms with Crippen LogP contribution in [0.15, 0.2) is 11.1 Å². The minimum absolute atomic E-state index is 0.278. The molecule has 1 aliphatic heterocycles. The van der Waals surface area contributed by atoms with Crippen LogP contribution in [-0.2, 0) is 9.59 Å². The number of carbonyl (C=O) groups excluding carboxylic acids is 1. The van der Waals surface area contributed by atoms with Crippen LogP contribution in [0.25, 0.3) is 0 Å². The zero-order valence-electron chi connectivity index (χ0n) is 10.6. The van der Waals surface area contributed by atoms with Crippen LogP contribution in [0.3, 0.4) is 0 Å². The van der Waals surface area contributed by atoms with E-state index >= 15 is 0 Å². The highest BCUT2D eigenvalue weighted by Crippen LogP contribution is 2.15. The Bertz CT molecular complexity index is 357. The molecule has 1 fully saturated rings. The normalized spacial score (nSPS) is 17.9. The zero-order chi connectivity index (χ0) is 13.1. The van der Waals surface area contributed by atoms with Gasteiger partial charge in [-0.05, 0) is 25.8 Å². The molecular formula is C12H20N2O3. The molecule has 17 heavy (non-hydrogen) atoms. The molecule has 1 heterocycles. The van der Waals surface area contributed by atoms with Gasteiger partial charge >= 0.3 is 5.97 Å². The van der Waals surface area contributed by atoms with Gasteiger partial charge in [-0.25, -0.2) is 4.79 Å². The smallest absolute Gasteiger partial charge is 0.329 e. The first-order valence-electron chi connectivity index (χ1n) is 5.86. The van der Waals surface area contributed by atoms with Crippen molar-refractivity contribution in [1.29, 1.82) is 0 Å². The molecule has 0 aromatic rings. The van der Waals surface area contributed by atoms with E-state index in [9.17, 15) is 9.59 Å². The fourth-order valence-electron chi connectivity index (χ4n) is 1.74. The third-order valence-electron chi connectivity index (χ3n) is 3.16. The second kappa shape index (κ2) is 5.31. The van der Waals surface area contributed by atoms with Crippen molar-refractivity contribution in [3.63, 3.8) is 0 Å². The van der Waals surface area contributed by atoms with Crippen molar-refractivity contribution >= 4 is 11.9 Å². The van der Waals surface area contributed by atoms with E-state index in [4.69, 9.17) is 5.11 Å². The molecule has 96 valence electrons. The summed E-state index contributed by atoms with van der Waals surface area (Å²) in [5.41, 5.74) is 0.504. The van der Waals surface area contributed by atoms with Crippen molar-refractivity contribution in [3.05, 3.63) is 11.1 Å². The van der Waals surface area contributed by atoms with Crippen LogP contribution >= 0.6 is 0 Å². The number of hydrogen-bond acceptors (Lipinski definition) is 3. The van der Waals surface area contributed by atoms with Crippen LogP contribution in [0.5, 0.6) is 0 Å². The van der Waals surface area contributed by atoms with E-state index in [0.717, 1.165) is 18.7 Å². The number of carboxylic acid groups (broad SMARTS) is 1. The lowest BCUT2D eigenvalue weighted by atomic mass is 9.95. The molecule has 5 heteroatoms. The molecule has 1 aliphatic rings. The Hall–Kier alpha value is -1.36. The predicted molar refractivity (Wildman–Crippen MR) is 64.7 cm³/mol. The average molecular weight is 240 g/mol. The van der Waals surface area contributed by atoms with E-state index in [2.05, 4.69) is 10.6 Å². The fourth-order valence-corrected chi connectivity index (χ4v) is 1.74. The Morgan fingerprint density at radius 3 is 2.41 bits per heavy atom. The largest absolute Gasteiger partial charge is 0.480 e. The molecule has 0 aliphatic carbocycles. The van der Waals surface area contributed by atoms with Gasteiger partial charge in [0, 0.05) is 18.7 Å². The molecule has 3 N–H and O–H groups in total. The van der Waals surface area contributed by atoms with Crippen LogP contribution in [-0.4, -0.2) is 35.6 Å². The molecule has 1 rings (SSSR count). The third-order valence-corrected chi connectivity index (χ3v) is 3.16.